The van der Waals surface area contributed by atoms with Gasteiger partial charge in [0.2, 0.25) is 10.0 Å². The molecule has 0 unspecified atom stereocenters. The second kappa shape index (κ2) is 7.81. The molecule has 1 amide bonds. The van der Waals surface area contributed by atoms with Gasteiger partial charge in [0.15, 0.2) is 0 Å². The third kappa shape index (κ3) is 4.38. The van der Waals surface area contributed by atoms with Crippen LogP contribution in [-0.4, -0.2) is 24.1 Å². The van der Waals surface area contributed by atoms with Crippen molar-refractivity contribution in [2.75, 3.05) is 5.32 Å². The molecule has 0 saturated carbocycles. The summed E-state index contributed by atoms with van der Waals surface area (Å²) in [6.07, 6.45) is 0. The average Bonchev–Trinajstić information content (AvgIpc) is 2.92. The maximum Gasteiger partial charge on any atom is 0.259 e. The summed E-state index contributed by atoms with van der Waals surface area (Å²) in [6.45, 7) is 7.77. The van der Waals surface area contributed by atoms with Gasteiger partial charge in [-0.1, -0.05) is 30.3 Å². The van der Waals surface area contributed by atoms with Crippen LogP contribution in [0.5, 0.6) is 0 Å². The molecule has 8 heteroatoms. The fraction of sp³-hybridized carbons (Fsp3) is 0.238. The molecule has 7 nitrogen and oxygen atoms in total. The van der Waals surface area contributed by atoms with Gasteiger partial charge >= 0.3 is 0 Å². The van der Waals surface area contributed by atoms with Crippen LogP contribution in [0.4, 0.5) is 5.69 Å². The number of nitrogens with two attached hydrogens (primary N) is 1. The molecule has 1 aromatic heterocycles. The van der Waals surface area contributed by atoms with E-state index < -0.39 is 10.0 Å². The Hall–Kier alpha value is -2.97. The van der Waals surface area contributed by atoms with E-state index >= 15 is 0 Å². The van der Waals surface area contributed by atoms with E-state index in [2.05, 4.69) is 10.4 Å². The molecule has 0 fully saturated rings. The van der Waals surface area contributed by atoms with Crippen molar-refractivity contribution in [1.29, 1.82) is 0 Å². The molecule has 0 aliphatic rings. The van der Waals surface area contributed by atoms with Crippen LogP contribution in [0.25, 0.3) is 0 Å². The zero-order chi connectivity index (χ0) is 21.3. The number of amides is 1. The molecule has 0 saturated heterocycles. The average molecular weight is 413 g/mol. The van der Waals surface area contributed by atoms with Crippen molar-refractivity contribution in [1.82, 2.24) is 9.78 Å². The normalized spacial score (nSPS) is 11.5. The van der Waals surface area contributed by atoms with Gasteiger partial charge in [0, 0.05) is 11.4 Å². The fourth-order valence-electron chi connectivity index (χ4n) is 3.24. The van der Waals surface area contributed by atoms with Gasteiger partial charge in [-0.05, 0) is 56.5 Å². The Balaban J connectivity index is 1.93. The molecule has 0 aliphatic heterocycles. The van der Waals surface area contributed by atoms with E-state index in [1.807, 2.05) is 44.2 Å². The molecule has 3 N–H and O–H groups in total. The molecule has 0 atom stereocenters. The predicted octanol–water partition coefficient (Wildman–Crippen LogP) is 3.06. The Morgan fingerprint density at radius 1 is 1.10 bits per heavy atom. The summed E-state index contributed by atoms with van der Waals surface area (Å²) in [5.41, 5.74) is 4.80. The van der Waals surface area contributed by atoms with Gasteiger partial charge in [0.05, 0.1) is 22.7 Å². The van der Waals surface area contributed by atoms with Crippen molar-refractivity contribution in [3.05, 3.63) is 76.1 Å². The summed E-state index contributed by atoms with van der Waals surface area (Å²) >= 11 is 0. The van der Waals surface area contributed by atoms with Crippen molar-refractivity contribution in [2.24, 2.45) is 5.14 Å². The number of anilines is 1. The molecule has 3 rings (SSSR count). The lowest BCUT2D eigenvalue weighted by atomic mass is 10.1. The minimum atomic E-state index is -3.88. The number of benzene rings is 2. The summed E-state index contributed by atoms with van der Waals surface area (Å²) < 4.78 is 25.3. The Morgan fingerprint density at radius 3 is 2.38 bits per heavy atom. The molecule has 0 spiro atoms. The Labute approximate surface area is 170 Å². The highest BCUT2D eigenvalue weighted by atomic mass is 32.2. The first-order chi connectivity index (χ1) is 13.6. The number of nitrogens with zero attached hydrogens (tertiary/aromatic N) is 2. The molecule has 2 aromatic carbocycles. The van der Waals surface area contributed by atoms with E-state index in [0.29, 0.717) is 23.5 Å². The Kier molecular flexibility index (Phi) is 5.59. The van der Waals surface area contributed by atoms with Gasteiger partial charge in [-0.2, -0.15) is 5.10 Å². The van der Waals surface area contributed by atoms with Gasteiger partial charge in [0.1, 0.15) is 0 Å². The predicted molar refractivity (Wildman–Crippen MR) is 112 cm³/mol. The zero-order valence-electron chi connectivity index (χ0n) is 16.9. The quantitative estimate of drug-likeness (QED) is 0.671. The van der Waals surface area contributed by atoms with E-state index in [0.717, 1.165) is 22.4 Å². The van der Waals surface area contributed by atoms with E-state index in [9.17, 15) is 13.2 Å². The number of sulfonamides is 1. The topological polar surface area (TPSA) is 107 Å². The minimum absolute atomic E-state index is 0.0379. The largest absolute Gasteiger partial charge is 0.322 e. The number of nitrogens with one attached hydrogen (secondary N) is 1. The van der Waals surface area contributed by atoms with Crippen LogP contribution in [0.15, 0.2) is 47.4 Å². The van der Waals surface area contributed by atoms with E-state index in [4.69, 9.17) is 5.14 Å². The van der Waals surface area contributed by atoms with Gasteiger partial charge < -0.3 is 5.32 Å². The lowest BCUT2D eigenvalue weighted by Crippen LogP contribution is -2.17. The van der Waals surface area contributed by atoms with Crippen molar-refractivity contribution in [2.45, 2.75) is 39.1 Å². The first-order valence-corrected chi connectivity index (χ1v) is 10.7. The van der Waals surface area contributed by atoms with Crippen LogP contribution < -0.4 is 10.5 Å². The molecule has 152 valence electrons. The van der Waals surface area contributed by atoms with Gasteiger partial charge in [-0.25, -0.2) is 13.6 Å². The summed E-state index contributed by atoms with van der Waals surface area (Å²) in [4.78, 5) is 13.0. The summed E-state index contributed by atoms with van der Waals surface area (Å²) in [6, 6.07) is 12.7. The summed E-state index contributed by atoms with van der Waals surface area (Å²) in [5.74, 6) is -0.339. The third-order valence-corrected chi connectivity index (χ3v) is 5.89. The third-order valence-electron chi connectivity index (χ3n) is 5.00. The Morgan fingerprint density at radius 2 is 1.76 bits per heavy atom. The fourth-order valence-corrected chi connectivity index (χ4v) is 3.86. The molecule has 0 radical (unpaired) electrons. The standard InChI is InChI=1S/C21H24N4O3S/c1-13-10-18(29(22,27)28)11-19(14(13)2)23-21(26)20-15(3)24-25(16(20)4)12-17-8-6-5-7-9-17/h5-11H,12H2,1-4H3,(H,23,26)(H2,22,27,28). The van der Waals surface area contributed by atoms with Crippen molar-refractivity contribution < 1.29 is 13.2 Å². The van der Waals surface area contributed by atoms with Crippen molar-refractivity contribution in [3.63, 3.8) is 0 Å². The van der Waals surface area contributed by atoms with Crippen LogP contribution in [0, 0.1) is 27.7 Å². The second-order valence-electron chi connectivity index (χ2n) is 7.10. The monoisotopic (exact) mass is 412 g/mol. The number of aryl methyl sites for hydroxylation is 2. The van der Waals surface area contributed by atoms with Crippen LogP contribution in [0.2, 0.25) is 0 Å². The number of carbonyl (C=O) groups is 1. The lowest BCUT2D eigenvalue weighted by Gasteiger charge is -2.13. The number of rotatable bonds is 5. The first-order valence-electron chi connectivity index (χ1n) is 9.11. The van der Waals surface area contributed by atoms with E-state index in [1.54, 1.807) is 18.5 Å². The number of carbonyl (C=O) groups excluding carboxylic acids is 1. The summed E-state index contributed by atoms with van der Waals surface area (Å²) in [5, 5.41) is 12.6. The van der Waals surface area contributed by atoms with Gasteiger partial charge in [0.25, 0.3) is 5.91 Å². The van der Waals surface area contributed by atoms with Crippen molar-refractivity contribution in [3.8, 4) is 0 Å². The maximum atomic E-state index is 13.0. The smallest absolute Gasteiger partial charge is 0.259 e. The van der Waals surface area contributed by atoms with E-state index in [-0.39, 0.29) is 10.8 Å². The highest BCUT2D eigenvalue weighted by Crippen LogP contribution is 2.25. The molecular weight excluding hydrogens is 388 g/mol. The second-order valence-corrected chi connectivity index (χ2v) is 8.66. The van der Waals surface area contributed by atoms with Crippen LogP contribution in [0.3, 0.4) is 0 Å². The molecule has 29 heavy (non-hydrogen) atoms. The highest BCUT2D eigenvalue weighted by molar-refractivity contribution is 7.89. The molecule has 0 bridgehead atoms. The van der Waals surface area contributed by atoms with Crippen LogP contribution in [0.1, 0.15) is 38.4 Å². The van der Waals surface area contributed by atoms with Crippen LogP contribution in [-0.2, 0) is 16.6 Å². The molecular formula is C21H24N4O3S. The highest BCUT2D eigenvalue weighted by Gasteiger charge is 2.21. The molecule has 1 heterocycles. The van der Waals surface area contributed by atoms with Crippen LogP contribution >= 0.6 is 0 Å². The zero-order valence-corrected chi connectivity index (χ0v) is 17.7. The number of aromatic nitrogens is 2. The van der Waals surface area contributed by atoms with Gasteiger partial charge in [-0.15, -0.1) is 0 Å². The molecule has 3 aromatic rings. The van der Waals surface area contributed by atoms with Crippen molar-refractivity contribution >= 4 is 21.6 Å². The lowest BCUT2D eigenvalue weighted by molar-refractivity contribution is 0.102. The van der Waals surface area contributed by atoms with Gasteiger partial charge in [-0.3, -0.25) is 9.48 Å². The number of primary sulfonamides is 1. The molecule has 0 aliphatic carbocycles. The minimum Gasteiger partial charge on any atom is -0.322 e. The number of hydrogen-bond acceptors (Lipinski definition) is 4. The first kappa shape index (κ1) is 20.8. The Bertz CT molecular complexity index is 1180. The SMILES string of the molecule is Cc1cc(S(N)(=O)=O)cc(NC(=O)c2c(C)nn(Cc3ccccc3)c2C)c1C. The van der Waals surface area contributed by atoms with E-state index in [1.165, 1.54) is 12.1 Å². The maximum absolute atomic E-state index is 13.0. The number of hydrogen-bond donors (Lipinski definition) is 2. The summed E-state index contributed by atoms with van der Waals surface area (Å²) in [7, 11) is -3.88.